The second-order valence-corrected chi connectivity index (χ2v) is 4.15. The molecule has 0 aliphatic carbocycles. The normalized spacial score (nSPS) is 10.6. The second kappa shape index (κ2) is 4.57. The van der Waals surface area contributed by atoms with Crippen molar-refractivity contribution in [3.63, 3.8) is 0 Å². The maximum absolute atomic E-state index is 11.6. The number of aromatic nitrogens is 2. The van der Waals surface area contributed by atoms with Crippen molar-refractivity contribution in [3.8, 4) is 5.69 Å². The van der Waals surface area contributed by atoms with Gasteiger partial charge in [-0.2, -0.15) is 0 Å². The van der Waals surface area contributed by atoms with Crippen LogP contribution in [0.2, 0.25) is 0 Å². The van der Waals surface area contributed by atoms with Crippen LogP contribution in [-0.4, -0.2) is 22.6 Å². The van der Waals surface area contributed by atoms with E-state index < -0.39 is 0 Å². The third-order valence-electron chi connectivity index (χ3n) is 3.00. The van der Waals surface area contributed by atoms with Crippen LogP contribution < -0.4 is 0 Å². The first kappa shape index (κ1) is 11.5. The highest BCUT2D eigenvalue weighted by Gasteiger charge is 2.10. The third-order valence-corrected chi connectivity index (χ3v) is 3.00. The van der Waals surface area contributed by atoms with E-state index in [2.05, 4.69) is 4.98 Å². The highest BCUT2D eigenvalue weighted by molar-refractivity contribution is 5.93. The molecule has 0 saturated carbocycles. The van der Waals surface area contributed by atoms with Gasteiger partial charge in [-0.05, 0) is 30.3 Å². The average molecular weight is 252 g/mol. The summed E-state index contributed by atoms with van der Waals surface area (Å²) in [4.78, 5) is 15.9. The minimum Gasteiger partial charge on any atom is -0.465 e. The summed E-state index contributed by atoms with van der Waals surface area (Å²) in [7, 11) is 1.38. The van der Waals surface area contributed by atoms with Crippen LogP contribution >= 0.6 is 0 Å². The van der Waals surface area contributed by atoms with Gasteiger partial charge in [-0.25, -0.2) is 9.78 Å². The van der Waals surface area contributed by atoms with Gasteiger partial charge in [0.05, 0.1) is 23.7 Å². The summed E-state index contributed by atoms with van der Waals surface area (Å²) >= 11 is 0. The number of hydrogen-bond acceptors (Lipinski definition) is 3. The van der Waals surface area contributed by atoms with Crippen molar-refractivity contribution in [3.05, 3.63) is 60.4 Å². The number of nitrogens with zero attached hydrogens (tertiary/aromatic N) is 2. The molecule has 3 rings (SSSR count). The van der Waals surface area contributed by atoms with Gasteiger partial charge in [0.25, 0.3) is 0 Å². The first-order valence-electron chi connectivity index (χ1n) is 5.90. The van der Waals surface area contributed by atoms with Crippen LogP contribution in [0, 0.1) is 0 Å². The zero-order valence-corrected chi connectivity index (χ0v) is 10.4. The third kappa shape index (κ3) is 1.97. The Hall–Kier alpha value is -2.62. The molecule has 4 nitrogen and oxygen atoms in total. The van der Waals surface area contributed by atoms with Crippen molar-refractivity contribution in [1.29, 1.82) is 0 Å². The molecule has 0 saturated heterocycles. The monoisotopic (exact) mass is 252 g/mol. The lowest BCUT2D eigenvalue weighted by atomic mass is 10.2. The van der Waals surface area contributed by atoms with Gasteiger partial charge in [0.1, 0.15) is 6.33 Å². The smallest absolute Gasteiger partial charge is 0.337 e. The zero-order chi connectivity index (χ0) is 13.2. The summed E-state index contributed by atoms with van der Waals surface area (Å²) < 4.78 is 6.68. The minimum absolute atomic E-state index is 0.345. The molecule has 0 unspecified atom stereocenters. The van der Waals surface area contributed by atoms with Gasteiger partial charge in [-0.15, -0.1) is 0 Å². The summed E-state index contributed by atoms with van der Waals surface area (Å²) in [6, 6.07) is 15.2. The van der Waals surface area contributed by atoms with E-state index >= 15 is 0 Å². The predicted molar refractivity (Wildman–Crippen MR) is 72.4 cm³/mol. The lowest BCUT2D eigenvalue weighted by molar-refractivity contribution is 0.0601. The first-order valence-corrected chi connectivity index (χ1v) is 5.90. The Labute approximate surface area is 110 Å². The molecule has 0 fully saturated rings. The lowest BCUT2D eigenvalue weighted by Crippen LogP contribution is -2.01. The molecule has 0 spiro atoms. The number of fused-ring (bicyclic) bond motifs is 1. The highest BCUT2D eigenvalue weighted by Crippen LogP contribution is 2.19. The summed E-state index contributed by atoms with van der Waals surface area (Å²) in [5.41, 5.74) is 3.25. The summed E-state index contributed by atoms with van der Waals surface area (Å²) in [6.07, 6.45) is 1.75. The van der Waals surface area contributed by atoms with E-state index in [1.807, 2.05) is 41.0 Å². The van der Waals surface area contributed by atoms with Crippen molar-refractivity contribution in [2.75, 3.05) is 7.11 Å². The molecular weight excluding hydrogens is 240 g/mol. The molecule has 0 aliphatic heterocycles. The Morgan fingerprint density at radius 2 is 1.95 bits per heavy atom. The largest absolute Gasteiger partial charge is 0.465 e. The average Bonchev–Trinajstić information content (AvgIpc) is 2.90. The summed E-state index contributed by atoms with van der Waals surface area (Å²) in [5, 5.41) is 0. The van der Waals surface area contributed by atoms with Crippen molar-refractivity contribution < 1.29 is 9.53 Å². The molecular formula is C15H12N2O2. The highest BCUT2D eigenvalue weighted by atomic mass is 16.5. The van der Waals surface area contributed by atoms with Gasteiger partial charge >= 0.3 is 5.97 Å². The van der Waals surface area contributed by atoms with Gasteiger partial charge in [0, 0.05) is 5.69 Å². The number of ether oxygens (including phenoxy) is 1. The van der Waals surface area contributed by atoms with Crippen LogP contribution in [0.5, 0.6) is 0 Å². The molecule has 3 aromatic rings. The van der Waals surface area contributed by atoms with E-state index in [1.165, 1.54) is 7.11 Å². The Balaban J connectivity index is 2.19. The number of carbonyl (C=O) groups is 1. The number of esters is 1. The van der Waals surface area contributed by atoms with E-state index in [9.17, 15) is 4.79 Å². The molecule has 0 bridgehead atoms. The van der Waals surface area contributed by atoms with Gasteiger partial charge in [-0.3, -0.25) is 4.57 Å². The first-order chi connectivity index (χ1) is 9.29. The van der Waals surface area contributed by atoms with E-state index in [0.717, 1.165) is 16.7 Å². The van der Waals surface area contributed by atoms with Gasteiger partial charge in [-0.1, -0.05) is 18.2 Å². The summed E-state index contributed by atoms with van der Waals surface area (Å²) in [5.74, 6) is -0.345. The standard InChI is InChI=1S/C15H12N2O2/c1-19-15(18)11-7-8-13-14(9-11)17(10-16-13)12-5-3-2-4-6-12/h2-10H,1H3. The Kier molecular flexibility index (Phi) is 2.76. The maximum atomic E-state index is 11.6. The van der Waals surface area contributed by atoms with Crippen LogP contribution in [0.25, 0.3) is 16.7 Å². The SMILES string of the molecule is COC(=O)c1ccc2ncn(-c3ccccc3)c2c1. The number of hydrogen-bond donors (Lipinski definition) is 0. The lowest BCUT2D eigenvalue weighted by Gasteiger charge is -2.04. The van der Waals surface area contributed by atoms with Crippen LogP contribution in [0.1, 0.15) is 10.4 Å². The van der Waals surface area contributed by atoms with Gasteiger partial charge in [0.15, 0.2) is 0 Å². The summed E-state index contributed by atoms with van der Waals surface area (Å²) in [6.45, 7) is 0. The van der Waals surface area contributed by atoms with Crippen LogP contribution in [0.4, 0.5) is 0 Å². The number of methoxy groups -OCH3 is 1. The Bertz CT molecular complexity index is 732. The maximum Gasteiger partial charge on any atom is 0.337 e. The van der Waals surface area contributed by atoms with E-state index in [0.29, 0.717) is 5.56 Å². The van der Waals surface area contributed by atoms with Crippen molar-refractivity contribution in [1.82, 2.24) is 9.55 Å². The van der Waals surface area contributed by atoms with E-state index in [4.69, 9.17) is 4.74 Å². The number of para-hydroxylation sites is 1. The fourth-order valence-electron chi connectivity index (χ4n) is 2.05. The quantitative estimate of drug-likeness (QED) is 0.659. The zero-order valence-electron chi connectivity index (χ0n) is 10.4. The molecule has 0 amide bonds. The molecule has 0 aliphatic rings. The second-order valence-electron chi connectivity index (χ2n) is 4.15. The fraction of sp³-hybridized carbons (Fsp3) is 0.0667. The van der Waals surface area contributed by atoms with Crippen LogP contribution in [0.3, 0.4) is 0 Å². The molecule has 0 atom stereocenters. The Morgan fingerprint density at radius 3 is 2.68 bits per heavy atom. The topological polar surface area (TPSA) is 44.1 Å². The number of imidazole rings is 1. The molecule has 4 heteroatoms. The van der Waals surface area contributed by atoms with E-state index in [-0.39, 0.29) is 5.97 Å². The predicted octanol–water partition coefficient (Wildman–Crippen LogP) is 2.81. The molecule has 1 aromatic heterocycles. The molecule has 19 heavy (non-hydrogen) atoms. The Morgan fingerprint density at radius 1 is 1.16 bits per heavy atom. The van der Waals surface area contributed by atoms with Gasteiger partial charge in [0.2, 0.25) is 0 Å². The molecule has 0 radical (unpaired) electrons. The van der Waals surface area contributed by atoms with Crippen molar-refractivity contribution in [2.24, 2.45) is 0 Å². The number of carbonyl (C=O) groups excluding carboxylic acids is 1. The van der Waals surface area contributed by atoms with Crippen molar-refractivity contribution >= 4 is 17.0 Å². The number of rotatable bonds is 2. The fourth-order valence-corrected chi connectivity index (χ4v) is 2.05. The molecule has 2 aromatic carbocycles. The van der Waals surface area contributed by atoms with E-state index in [1.54, 1.807) is 18.5 Å². The number of benzene rings is 2. The molecule has 94 valence electrons. The van der Waals surface area contributed by atoms with Crippen LogP contribution in [0.15, 0.2) is 54.9 Å². The molecule has 1 heterocycles. The van der Waals surface area contributed by atoms with Gasteiger partial charge < -0.3 is 4.74 Å². The van der Waals surface area contributed by atoms with Crippen LogP contribution in [-0.2, 0) is 4.74 Å². The molecule has 0 N–H and O–H groups in total. The minimum atomic E-state index is -0.345. The van der Waals surface area contributed by atoms with Crippen molar-refractivity contribution in [2.45, 2.75) is 0 Å².